The molecular weight excluding hydrogens is 519 g/mol. The molecule has 38 heavy (non-hydrogen) atoms. The van der Waals surface area contributed by atoms with Crippen molar-refractivity contribution < 1.29 is 31.1 Å². The first-order valence-electron chi connectivity index (χ1n) is 13.0. The first-order chi connectivity index (χ1) is 18.0. The lowest BCUT2D eigenvalue weighted by atomic mass is 9.87. The third-order valence-corrected chi connectivity index (χ3v) is 8.91. The first-order valence-corrected chi connectivity index (χ1v) is 14.5. The van der Waals surface area contributed by atoms with Crippen molar-refractivity contribution in [1.82, 2.24) is 4.72 Å². The Labute approximate surface area is 221 Å². The van der Waals surface area contributed by atoms with E-state index < -0.39 is 27.7 Å². The predicted octanol–water partition coefficient (Wildman–Crippen LogP) is 5.81. The minimum absolute atomic E-state index is 0.00938. The quantitative estimate of drug-likeness (QED) is 0.452. The number of rotatable bonds is 7. The van der Waals surface area contributed by atoms with Crippen LogP contribution in [0.15, 0.2) is 41.3 Å². The number of halogens is 3. The fraction of sp³-hybridized carbons (Fsp3) is 0.519. The molecule has 1 saturated heterocycles. The van der Waals surface area contributed by atoms with E-state index in [0.29, 0.717) is 18.8 Å². The molecule has 1 heterocycles. The highest BCUT2D eigenvalue weighted by Gasteiger charge is 2.32. The molecule has 2 unspecified atom stereocenters. The summed E-state index contributed by atoms with van der Waals surface area (Å²) in [4.78, 5) is 15.0. The number of alkyl halides is 3. The number of hydrogen-bond donors (Lipinski definition) is 2. The van der Waals surface area contributed by atoms with Crippen LogP contribution in [-0.2, 0) is 16.2 Å². The third-order valence-electron chi connectivity index (χ3n) is 7.40. The SMILES string of the molecule is COc1ccc(C(=O)Nc2cc(C(F)(F)F)ccc2N2CCCCC2)cc1S(=O)(=O)NC1CCCCC1C. The third kappa shape index (κ3) is 6.43. The summed E-state index contributed by atoms with van der Waals surface area (Å²) in [6, 6.07) is 7.06. The second-order valence-electron chi connectivity index (χ2n) is 10.1. The summed E-state index contributed by atoms with van der Waals surface area (Å²) >= 11 is 0. The Morgan fingerprint density at radius 3 is 2.37 bits per heavy atom. The zero-order valence-corrected chi connectivity index (χ0v) is 22.4. The maximum Gasteiger partial charge on any atom is 0.416 e. The van der Waals surface area contributed by atoms with Crippen LogP contribution < -0.4 is 19.7 Å². The van der Waals surface area contributed by atoms with E-state index in [0.717, 1.165) is 57.1 Å². The highest BCUT2D eigenvalue weighted by atomic mass is 32.2. The molecule has 1 amide bonds. The van der Waals surface area contributed by atoms with Crippen LogP contribution in [0, 0.1) is 5.92 Å². The Morgan fingerprint density at radius 2 is 1.71 bits per heavy atom. The second-order valence-corrected chi connectivity index (χ2v) is 11.8. The van der Waals surface area contributed by atoms with Crippen LogP contribution in [0.4, 0.5) is 24.5 Å². The average molecular weight is 554 g/mol. The summed E-state index contributed by atoms with van der Waals surface area (Å²) in [6.07, 6.45) is 1.88. The molecule has 208 valence electrons. The number of benzene rings is 2. The molecule has 0 radical (unpaired) electrons. The minimum atomic E-state index is -4.58. The molecule has 1 aliphatic carbocycles. The van der Waals surface area contributed by atoms with Crippen LogP contribution in [0.25, 0.3) is 0 Å². The van der Waals surface area contributed by atoms with Crippen molar-refractivity contribution in [3.8, 4) is 5.75 Å². The molecule has 2 aliphatic rings. The van der Waals surface area contributed by atoms with E-state index in [4.69, 9.17) is 4.74 Å². The Bertz CT molecular complexity index is 1260. The highest BCUT2D eigenvalue weighted by Crippen LogP contribution is 2.37. The standard InChI is InChI=1S/C27H34F3N3O4S/c1-18-8-4-5-9-21(18)32-38(35,36)25-16-19(10-13-24(25)37-2)26(34)31-22-17-20(27(28,29)30)11-12-23(22)33-14-6-3-7-15-33/h10-13,16-18,21,32H,3-9,14-15H2,1-2H3,(H,31,34). The number of piperidine rings is 1. The Kier molecular flexibility index (Phi) is 8.56. The lowest BCUT2D eigenvalue weighted by molar-refractivity contribution is -0.137. The number of methoxy groups -OCH3 is 1. The molecule has 1 aliphatic heterocycles. The number of hydrogen-bond acceptors (Lipinski definition) is 5. The Hall–Kier alpha value is -2.79. The fourth-order valence-corrected chi connectivity index (χ4v) is 6.77. The van der Waals surface area contributed by atoms with Crippen molar-refractivity contribution in [3.63, 3.8) is 0 Å². The van der Waals surface area contributed by atoms with Crippen molar-refractivity contribution in [2.75, 3.05) is 30.4 Å². The molecule has 11 heteroatoms. The van der Waals surface area contributed by atoms with Crippen LogP contribution in [-0.4, -0.2) is 40.6 Å². The van der Waals surface area contributed by atoms with Crippen LogP contribution in [0.3, 0.4) is 0 Å². The second kappa shape index (κ2) is 11.5. The predicted molar refractivity (Wildman–Crippen MR) is 140 cm³/mol. The van der Waals surface area contributed by atoms with E-state index in [1.807, 2.05) is 11.8 Å². The maximum atomic E-state index is 13.5. The lowest BCUT2D eigenvalue weighted by Crippen LogP contribution is -2.41. The summed E-state index contributed by atoms with van der Waals surface area (Å²) in [5, 5.41) is 2.60. The minimum Gasteiger partial charge on any atom is -0.495 e. The number of ether oxygens (including phenoxy) is 1. The lowest BCUT2D eigenvalue weighted by Gasteiger charge is -2.31. The van der Waals surface area contributed by atoms with Gasteiger partial charge in [-0.2, -0.15) is 13.2 Å². The van der Waals surface area contributed by atoms with Crippen molar-refractivity contribution in [2.24, 2.45) is 5.92 Å². The van der Waals surface area contributed by atoms with Gasteiger partial charge in [0.25, 0.3) is 5.91 Å². The number of nitrogens with zero attached hydrogens (tertiary/aromatic N) is 1. The molecule has 2 aromatic rings. The van der Waals surface area contributed by atoms with Crippen molar-refractivity contribution in [2.45, 2.75) is 69.0 Å². The molecule has 0 aromatic heterocycles. The van der Waals surface area contributed by atoms with E-state index in [1.54, 1.807) is 0 Å². The van der Waals surface area contributed by atoms with Crippen molar-refractivity contribution in [3.05, 3.63) is 47.5 Å². The molecule has 2 fully saturated rings. The zero-order valence-electron chi connectivity index (χ0n) is 21.6. The van der Waals surface area contributed by atoms with Crippen molar-refractivity contribution >= 4 is 27.3 Å². The number of anilines is 2. The van der Waals surface area contributed by atoms with Gasteiger partial charge in [0.1, 0.15) is 10.6 Å². The smallest absolute Gasteiger partial charge is 0.416 e. The van der Waals surface area contributed by atoms with Gasteiger partial charge in [0.05, 0.1) is 24.0 Å². The summed E-state index contributed by atoms with van der Waals surface area (Å²) in [5.74, 6) is -0.469. The van der Waals surface area contributed by atoms with Gasteiger partial charge in [-0.25, -0.2) is 13.1 Å². The molecule has 4 rings (SSSR count). The van der Waals surface area contributed by atoms with Crippen LogP contribution >= 0.6 is 0 Å². The normalized spacial score (nSPS) is 20.7. The Morgan fingerprint density at radius 1 is 1.00 bits per heavy atom. The summed E-state index contributed by atoms with van der Waals surface area (Å²) in [6.45, 7) is 3.34. The van der Waals surface area contributed by atoms with Gasteiger partial charge in [0.15, 0.2) is 0 Å². The van der Waals surface area contributed by atoms with E-state index in [1.165, 1.54) is 31.4 Å². The van der Waals surface area contributed by atoms with Gasteiger partial charge in [-0.05, 0) is 74.4 Å². The van der Waals surface area contributed by atoms with E-state index in [2.05, 4.69) is 10.0 Å². The average Bonchev–Trinajstić information content (AvgIpc) is 2.89. The molecule has 0 bridgehead atoms. The molecule has 2 atom stereocenters. The number of nitrogens with one attached hydrogen (secondary N) is 2. The molecular formula is C27H34F3N3O4S. The van der Waals surface area contributed by atoms with Crippen molar-refractivity contribution in [1.29, 1.82) is 0 Å². The van der Waals surface area contributed by atoms with Crippen LogP contribution in [0.5, 0.6) is 5.75 Å². The fourth-order valence-electron chi connectivity index (χ4n) is 5.20. The van der Waals surface area contributed by atoms with Gasteiger partial charge in [-0.3, -0.25) is 4.79 Å². The molecule has 2 N–H and O–H groups in total. The first kappa shape index (κ1) is 28.2. The summed E-state index contributed by atoms with van der Waals surface area (Å²) in [7, 11) is -2.69. The molecule has 0 spiro atoms. The maximum absolute atomic E-state index is 13.5. The molecule has 7 nitrogen and oxygen atoms in total. The largest absolute Gasteiger partial charge is 0.495 e. The van der Waals surface area contributed by atoms with Crippen LogP contribution in [0.1, 0.15) is 67.8 Å². The zero-order chi connectivity index (χ0) is 27.5. The van der Waals surface area contributed by atoms with Gasteiger partial charge < -0.3 is 15.0 Å². The van der Waals surface area contributed by atoms with E-state index in [9.17, 15) is 26.4 Å². The van der Waals surface area contributed by atoms with Crippen LogP contribution in [0.2, 0.25) is 0 Å². The molecule has 1 saturated carbocycles. The highest BCUT2D eigenvalue weighted by molar-refractivity contribution is 7.89. The number of sulfonamides is 1. The van der Waals surface area contributed by atoms with E-state index >= 15 is 0 Å². The molecule has 2 aromatic carbocycles. The van der Waals surface area contributed by atoms with Gasteiger partial charge in [-0.1, -0.05) is 19.8 Å². The van der Waals surface area contributed by atoms with E-state index in [-0.39, 0.29) is 33.9 Å². The monoisotopic (exact) mass is 553 g/mol. The van der Waals surface area contributed by atoms with Gasteiger partial charge in [0, 0.05) is 24.7 Å². The van der Waals surface area contributed by atoms with Gasteiger partial charge >= 0.3 is 6.18 Å². The summed E-state index contributed by atoms with van der Waals surface area (Å²) < 4.78 is 75.1. The number of amides is 1. The summed E-state index contributed by atoms with van der Waals surface area (Å²) in [5.41, 5.74) is -0.358. The van der Waals surface area contributed by atoms with Gasteiger partial charge in [-0.15, -0.1) is 0 Å². The topological polar surface area (TPSA) is 87.7 Å². The number of carbonyl (C=O) groups is 1. The Balaban J connectivity index is 1.64. The number of carbonyl (C=O) groups excluding carboxylic acids is 1. The van der Waals surface area contributed by atoms with Gasteiger partial charge in [0.2, 0.25) is 10.0 Å².